The molecule has 2 aliphatic rings. The molecule has 0 amide bonds. The molecule has 1 atom stereocenters. The second-order valence-electron chi connectivity index (χ2n) is 8.87. The van der Waals surface area contributed by atoms with E-state index < -0.39 is 21.0 Å². The van der Waals surface area contributed by atoms with Gasteiger partial charge >= 0.3 is 15.6 Å². The first-order valence-electron chi connectivity index (χ1n) is 9.26. The summed E-state index contributed by atoms with van der Waals surface area (Å²) < 4.78 is 62.9. The lowest BCUT2D eigenvalue weighted by Gasteiger charge is -2.33. The van der Waals surface area contributed by atoms with Gasteiger partial charge < -0.3 is 4.18 Å². The van der Waals surface area contributed by atoms with Crippen molar-refractivity contribution in [3.05, 3.63) is 11.3 Å². The number of allylic oxidation sites excluding steroid dienone is 2. The highest BCUT2D eigenvalue weighted by Gasteiger charge is 2.50. The highest BCUT2D eigenvalue weighted by molar-refractivity contribution is 7.87. The zero-order valence-corrected chi connectivity index (χ0v) is 17.8. The molecule has 1 unspecified atom stereocenters. The summed E-state index contributed by atoms with van der Waals surface area (Å²) in [4.78, 5) is 11.4. The lowest BCUT2D eigenvalue weighted by molar-refractivity contribution is -0.133. The number of halogens is 3. The lowest BCUT2D eigenvalue weighted by atomic mass is 9.72. The normalized spacial score (nSPS) is 25.5. The molecule has 2 aliphatic carbocycles. The number of ketones is 1. The van der Waals surface area contributed by atoms with Crippen LogP contribution in [-0.2, 0) is 19.1 Å². The number of hydrogen-bond acceptors (Lipinski definition) is 4. The molecule has 0 spiro atoms. The molecule has 8 heteroatoms. The summed E-state index contributed by atoms with van der Waals surface area (Å²) in [6.07, 6.45) is 5.38. The van der Waals surface area contributed by atoms with Gasteiger partial charge in [-0.1, -0.05) is 41.0 Å². The molecule has 0 aliphatic heterocycles. The first-order chi connectivity index (χ1) is 12.0. The predicted octanol–water partition coefficient (Wildman–Crippen LogP) is 5.74. The van der Waals surface area contributed by atoms with Crippen molar-refractivity contribution in [3.8, 4) is 0 Å². The van der Waals surface area contributed by atoms with Crippen LogP contribution >= 0.6 is 0 Å². The van der Waals surface area contributed by atoms with E-state index in [4.69, 9.17) is 0 Å². The van der Waals surface area contributed by atoms with E-state index in [0.717, 1.165) is 19.3 Å². The maximum Gasteiger partial charge on any atom is 0.534 e. The molecule has 0 heterocycles. The van der Waals surface area contributed by atoms with Crippen LogP contribution in [0.25, 0.3) is 0 Å². The topological polar surface area (TPSA) is 60.4 Å². The van der Waals surface area contributed by atoms with Crippen molar-refractivity contribution in [1.29, 1.82) is 0 Å². The van der Waals surface area contributed by atoms with E-state index in [-0.39, 0.29) is 11.2 Å². The van der Waals surface area contributed by atoms with Crippen molar-refractivity contribution in [3.63, 3.8) is 0 Å². The summed E-state index contributed by atoms with van der Waals surface area (Å²) in [7, 11) is -5.56. The summed E-state index contributed by atoms with van der Waals surface area (Å²) in [5.74, 6) is 0.698. The van der Waals surface area contributed by atoms with Gasteiger partial charge in [0.05, 0.1) is 0 Å². The molecular formula is C19H31F3O4S. The number of carbonyl (C=O) groups excluding carboxylic acids is 1. The van der Waals surface area contributed by atoms with E-state index in [0.29, 0.717) is 30.1 Å². The molecule has 158 valence electrons. The molecule has 4 nitrogen and oxygen atoms in total. The number of carbonyl (C=O) groups is 1. The molecule has 0 N–H and O–H groups in total. The van der Waals surface area contributed by atoms with E-state index >= 15 is 0 Å². The van der Waals surface area contributed by atoms with Crippen LogP contribution in [0.5, 0.6) is 0 Å². The molecule has 2 rings (SSSR count). The highest BCUT2D eigenvalue weighted by atomic mass is 32.2. The minimum atomic E-state index is -5.56. The van der Waals surface area contributed by atoms with Gasteiger partial charge in [0.1, 0.15) is 11.5 Å². The quantitative estimate of drug-likeness (QED) is 0.429. The van der Waals surface area contributed by atoms with E-state index in [9.17, 15) is 26.4 Å². The average Bonchev–Trinajstić information content (AvgIpc) is 2.48. The Balaban J connectivity index is 0.000000309. The third-order valence-corrected chi connectivity index (χ3v) is 6.34. The Hall–Kier alpha value is -1.05. The van der Waals surface area contributed by atoms with E-state index in [2.05, 4.69) is 18.0 Å². The summed E-state index contributed by atoms with van der Waals surface area (Å²) in [5, 5.41) is 0. The second-order valence-corrected chi connectivity index (χ2v) is 10.4. The highest BCUT2D eigenvalue weighted by Crippen LogP contribution is 2.43. The van der Waals surface area contributed by atoms with E-state index in [1.165, 1.54) is 6.42 Å². The Kier molecular flexibility index (Phi) is 7.23. The molecule has 1 fully saturated rings. The van der Waals surface area contributed by atoms with Crippen molar-refractivity contribution in [2.45, 2.75) is 85.6 Å². The van der Waals surface area contributed by atoms with Gasteiger partial charge in [0.2, 0.25) is 0 Å². The predicted molar refractivity (Wildman–Crippen MR) is 98.2 cm³/mol. The molecule has 27 heavy (non-hydrogen) atoms. The summed E-state index contributed by atoms with van der Waals surface area (Å²) in [5.41, 5.74) is -5.53. The minimum absolute atomic E-state index is 0.0301. The van der Waals surface area contributed by atoms with Crippen LogP contribution in [0.3, 0.4) is 0 Å². The fourth-order valence-corrected chi connectivity index (χ4v) is 4.39. The van der Waals surface area contributed by atoms with Gasteiger partial charge in [-0.2, -0.15) is 21.6 Å². The van der Waals surface area contributed by atoms with Gasteiger partial charge in [-0.25, -0.2) is 0 Å². The Morgan fingerprint density at radius 2 is 1.56 bits per heavy atom. The summed E-state index contributed by atoms with van der Waals surface area (Å²) in [6, 6.07) is 0. The Morgan fingerprint density at radius 3 is 1.96 bits per heavy atom. The second kappa shape index (κ2) is 8.13. The smallest absolute Gasteiger partial charge is 0.380 e. The van der Waals surface area contributed by atoms with Gasteiger partial charge in [0, 0.05) is 16.7 Å². The maximum absolute atomic E-state index is 12.2. The molecule has 0 aromatic rings. The van der Waals surface area contributed by atoms with Gasteiger partial charge in [0.25, 0.3) is 0 Å². The molecule has 1 saturated carbocycles. The SMILES string of the molecule is CC1=C(OS(=O)(=O)C(F)(F)F)C(C)(C)CCC1.CC1CCCC(C)(C)C1=O. The van der Waals surface area contributed by atoms with Crippen LogP contribution in [0.4, 0.5) is 13.2 Å². The monoisotopic (exact) mass is 412 g/mol. The zero-order chi connectivity index (χ0) is 21.3. The number of rotatable bonds is 2. The van der Waals surface area contributed by atoms with Crippen LogP contribution in [0.15, 0.2) is 11.3 Å². The molecule has 0 aromatic carbocycles. The molecular weight excluding hydrogens is 381 g/mol. The Morgan fingerprint density at radius 1 is 1.04 bits per heavy atom. The first-order valence-corrected chi connectivity index (χ1v) is 10.7. The Labute approximate surface area is 160 Å². The van der Waals surface area contributed by atoms with Crippen LogP contribution in [0.1, 0.15) is 80.1 Å². The summed E-state index contributed by atoms with van der Waals surface area (Å²) >= 11 is 0. The standard InChI is InChI=1S/C10H15F3O3S.C9H16O/c1-7-5-4-6-9(2,3)8(7)16-17(14,15)10(11,12)13;1-7-5-4-6-9(2,3)8(7)10/h4-6H2,1-3H3;7H,4-6H2,1-3H3. The fourth-order valence-electron chi connectivity index (χ4n) is 3.71. The van der Waals surface area contributed by atoms with E-state index in [1.54, 1.807) is 20.8 Å². The van der Waals surface area contributed by atoms with Gasteiger partial charge in [-0.05, 0) is 44.6 Å². The number of alkyl halides is 3. The molecule has 0 saturated heterocycles. The third kappa shape index (κ3) is 5.96. The van der Waals surface area contributed by atoms with E-state index in [1.807, 2.05) is 6.92 Å². The largest absolute Gasteiger partial charge is 0.534 e. The van der Waals surface area contributed by atoms with Gasteiger partial charge in [0.15, 0.2) is 0 Å². The molecule has 0 radical (unpaired) electrons. The molecule has 0 aromatic heterocycles. The zero-order valence-electron chi connectivity index (χ0n) is 17.0. The van der Waals surface area contributed by atoms with Crippen molar-refractivity contribution < 1.29 is 30.6 Å². The average molecular weight is 413 g/mol. The van der Waals surface area contributed by atoms with Crippen molar-refractivity contribution >= 4 is 15.9 Å². The van der Waals surface area contributed by atoms with Crippen LogP contribution in [-0.4, -0.2) is 19.7 Å². The summed E-state index contributed by atoms with van der Waals surface area (Å²) in [6.45, 7) is 11.1. The van der Waals surface area contributed by atoms with Crippen LogP contribution < -0.4 is 0 Å². The minimum Gasteiger partial charge on any atom is -0.380 e. The van der Waals surface area contributed by atoms with Crippen LogP contribution in [0, 0.1) is 16.7 Å². The van der Waals surface area contributed by atoms with Crippen molar-refractivity contribution in [1.82, 2.24) is 0 Å². The van der Waals surface area contributed by atoms with Crippen molar-refractivity contribution in [2.75, 3.05) is 0 Å². The number of Topliss-reactive ketones (excluding diaryl/α,β-unsaturated/α-hetero) is 1. The van der Waals surface area contributed by atoms with Crippen LogP contribution in [0.2, 0.25) is 0 Å². The van der Waals surface area contributed by atoms with Crippen molar-refractivity contribution in [2.24, 2.45) is 16.7 Å². The Bertz CT molecular complexity index is 688. The first kappa shape index (κ1) is 24.0. The maximum atomic E-state index is 12.2. The van der Waals surface area contributed by atoms with Gasteiger partial charge in [-0.15, -0.1) is 0 Å². The number of hydrogen-bond donors (Lipinski definition) is 0. The lowest BCUT2D eigenvalue weighted by Crippen LogP contribution is -2.33. The third-order valence-electron chi connectivity index (χ3n) is 5.39. The van der Waals surface area contributed by atoms with Gasteiger partial charge in [-0.3, -0.25) is 4.79 Å². The fraction of sp³-hybridized carbons (Fsp3) is 0.842. The molecule has 0 bridgehead atoms.